The minimum absolute atomic E-state index is 0.199. The van der Waals surface area contributed by atoms with Crippen LogP contribution in [0.1, 0.15) is 17.3 Å². The molecular weight excluding hydrogens is 381 g/mol. The van der Waals surface area contributed by atoms with Crippen molar-refractivity contribution in [3.05, 3.63) is 52.0 Å². The molecule has 0 aliphatic rings. The average Bonchev–Trinajstić information content (AvgIpc) is 2.63. The van der Waals surface area contributed by atoms with Crippen molar-refractivity contribution in [3.63, 3.8) is 0 Å². The number of carbonyl (C=O) groups is 2. The molecule has 2 aromatic rings. The van der Waals surface area contributed by atoms with Gasteiger partial charge in [-0.25, -0.2) is 4.79 Å². The summed E-state index contributed by atoms with van der Waals surface area (Å²) >= 11 is 11.7. The Balaban J connectivity index is 2.03. The molecule has 0 aliphatic heterocycles. The molecule has 2 aromatic carbocycles. The normalized spacial score (nSPS) is 11.4. The summed E-state index contributed by atoms with van der Waals surface area (Å²) in [5.41, 5.74) is 0.676. The lowest BCUT2D eigenvalue weighted by Crippen LogP contribution is -2.30. The van der Waals surface area contributed by atoms with E-state index in [-0.39, 0.29) is 10.6 Å². The van der Waals surface area contributed by atoms with E-state index < -0.39 is 18.0 Å². The van der Waals surface area contributed by atoms with Gasteiger partial charge in [-0.15, -0.1) is 0 Å². The molecule has 0 aromatic heterocycles. The van der Waals surface area contributed by atoms with E-state index in [0.29, 0.717) is 22.2 Å². The highest BCUT2D eigenvalue weighted by molar-refractivity contribution is 6.42. The summed E-state index contributed by atoms with van der Waals surface area (Å²) in [6.07, 6.45) is -1.02. The summed E-state index contributed by atoms with van der Waals surface area (Å²) in [5, 5.41) is 3.19. The largest absolute Gasteiger partial charge is 0.493 e. The number of nitrogens with one attached hydrogen (secondary N) is 1. The summed E-state index contributed by atoms with van der Waals surface area (Å²) in [6, 6.07) is 9.23. The number of hydrogen-bond donors (Lipinski definition) is 1. The summed E-state index contributed by atoms with van der Waals surface area (Å²) < 4.78 is 15.5. The van der Waals surface area contributed by atoms with Gasteiger partial charge in [-0.1, -0.05) is 23.2 Å². The van der Waals surface area contributed by atoms with Crippen molar-refractivity contribution in [2.75, 3.05) is 19.5 Å². The minimum atomic E-state index is -1.02. The van der Waals surface area contributed by atoms with Gasteiger partial charge in [-0.05, 0) is 37.3 Å². The van der Waals surface area contributed by atoms with E-state index in [1.807, 2.05) is 0 Å². The van der Waals surface area contributed by atoms with Gasteiger partial charge in [0.1, 0.15) is 0 Å². The molecule has 6 nitrogen and oxygen atoms in total. The number of methoxy groups -OCH3 is 2. The molecule has 0 saturated heterocycles. The zero-order valence-corrected chi connectivity index (χ0v) is 15.9. The highest BCUT2D eigenvalue weighted by atomic mass is 35.5. The predicted octanol–water partition coefficient (Wildman–Crippen LogP) is 4.19. The topological polar surface area (TPSA) is 73.9 Å². The third-order valence-electron chi connectivity index (χ3n) is 3.46. The number of benzene rings is 2. The number of carbonyl (C=O) groups excluding carboxylic acids is 2. The smallest absolute Gasteiger partial charge is 0.338 e. The molecule has 0 aliphatic carbocycles. The number of ether oxygens (including phenoxy) is 3. The fraction of sp³-hybridized carbons (Fsp3) is 0.222. The third-order valence-corrected chi connectivity index (χ3v) is 4.20. The number of hydrogen-bond acceptors (Lipinski definition) is 5. The molecular formula is C18H17Cl2NO5. The third kappa shape index (κ3) is 4.80. The lowest BCUT2D eigenvalue weighted by atomic mass is 10.2. The second-order valence-corrected chi connectivity index (χ2v) is 6.05. The van der Waals surface area contributed by atoms with Gasteiger partial charge in [0.15, 0.2) is 17.6 Å². The van der Waals surface area contributed by atoms with Crippen LogP contribution in [0.3, 0.4) is 0 Å². The Hall–Kier alpha value is -2.44. The highest BCUT2D eigenvalue weighted by Gasteiger charge is 2.20. The zero-order valence-electron chi connectivity index (χ0n) is 14.3. The number of halogens is 2. The van der Waals surface area contributed by atoms with Crippen molar-refractivity contribution in [1.29, 1.82) is 0 Å². The second kappa shape index (κ2) is 8.78. The first-order valence-corrected chi connectivity index (χ1v) is 8.30. The van der Waals surface area contributed by atoms with Crippen LogP contribution >= 0.6 is 23.2 Å². The summed E-state index contributed by atoms with van der Waals surface area (Å²) in [5.74, 6) is -0.181. The first kappa shape index (κ1) is 19.9. The van der Waals surface area contributed by atoms with Crippen LogP contribution in [0.2, 0.25) is 10.0 Å². The van der Waals surface area contributed by atoms with E-state index in [1.54, 1.807) is 18.2 Å². The van der Waals surface area contributed by atoms with Gasteiger partial charge in [0.2, 0.25) is 0 Å². The van der Waals surface area contributed by atoms with Crippen LogP contribution in [0, 0.1) is 0 Å². The van der Waals surface area contributed by atoms with Crippen molar-refractivity contribution in [1.82, 2.24) is 0 Å². The molecule has 0 saturated carbocycles. The molecule has 0 unspecified atom stereocenters. The molecule has 26 heavy (non-hydrogen) atoms. The molecule has 0 spiro atoms. The maximum Gasteiger partial charge on any atom is 0.338 e. The van der Waals surface area contributed by atoms with Gasteiger partial charge in [0.25, 0.3) is 5.91 Å². The average molecular weight is 398 g/mol. The van der Waals surface area contributed by atoms with Crippen LogP contribution in [0.4, 0.5) is 5.69 Å². The fourth-order valence-electron chi connectivity index (χ4n) is 2.06. The van der Waals surface area contributed by atoms with Crippen molar-refractivity contribution >= 4 is 40.8 Å². The van der Waals surface area contributed by atoms with E-state index in [9.17, 15) is 9.59 Å². The summed E-state index contributed by atoms with van der Waals surface area (Å²) in [7, 11) is 3.01. The Morgan fingerprint density at radius 2 is 1.65 bits per heavy atom. The van der Waals surface area contributed by atoms with Crippen molar-refractivity contribution in [3.8, 4) is 11.5 Å². The highest BCUT2D eigenvalue weighted by Crippen LogP contribution is 2.30. The fourth-order valence-corrected chi connectivity index (χ4v) is 2.36. The van der Waals surface area contributed by atoms with Gasteiger partial charge in [0, 0.05) is 11.8 Å². The van der Waals surface area contributed by atoms with Crippen LogP contribution in [-0.2, 0) is 9.53 Å². The maximum atomic E-state index is 12.2. The first-order chi connectivity index (χ1) is 12.3. The van der Waals surface area contributed by atoms with Crippen LogP contribution in [0.5, 0.6) is 11.5 Å². The van der Waals surface area contributed by atoms with Crippen molar-refractivity contribution in [2.24, 2.45) is 0 Å². The van der Waals surface area contributed by atoms with Crippen LogP contribution in [0.25, 0.3) is 0 Å². The van der Waals surface area contributed by atoms with E-state index >= 15 is 0 Å². The van der Waals surface area contributed by atoms with Gasteiger partial charge in [-0.2, -0.15) is 0 Å². The quantitative estimate of drug-likeness (QED) is 0.739. The van der Waals surface area contributed by atoms with E-state index in [1.165, 1.54) is 39.3 Å². The number of esters is 1. The molecule has 0 heterocycles. The predicted molar refractivity (Wildman–Crippen MR) is 99.5 cm³/mol. The SMILES string of the molecule is COc1ccc(NC(=O)[C@@H](C)OC(=O)c2ccc(Cl)c(Cl)c2)cc1OC. The first-order valence-electron chi connectivity index (χ1n) is 7.54. The van der Waals surface area contributed by atoms with Crippen LogP contribution in [-0.4, -0.2) is 32.2 Å². The maximum absolute atomic E-state index is 12.2. The van der Waals surface area contributed by atoms with Gasteiger partial charge in [-0.3, -0.25) is 4.79 Å². The standard InChI is InChI=1S/C18H17Cl2NO5/c1-10(26-18(23)11-4-6-13(19)14(20)8-11)17(22)21-12-5-7-15(24-2)16(9-12)25-3/h4-10H,1-3H3,(H,21,22)/t10-/m1/s1. The molecule has 1 N–H and O–H groups in total. The molecule has 8 heteroatoms. The van der Waals surface area contributed by atoms with E-state index in [2.05, 4.69) is 5.32 Å². The Bertz CT molecular complexity index is 825. The molecule has 2 rings (SSSR count). The number of anilines is 1. The number of amides is 1. The number of rotatable bonds is 6. The van der Waals surface area contributed by atoms with Gasteiger partial charge >= 0.3 is 5.97 Å². The van der Waals surface area contributed by atoms with Crippen molar-refractivity contribution in [2.45, 2.75) is 13.0 Å². The molecule has 0 bridgehead atoms. The second-order valence-electron chi connectivity index (χ2n) is 5.24. The Kier molecular flexibility index (Phi) is 6.71. The minimum Gasteiger partial charge on any atom is -0.493 e. The van der Waals surface area contributed by atoms with E-state index in [0.717, 1.165) is 0 Å². The Labute approximate surface area is 160 Å². The molecule has 1 atom stereocenters. The van der Waals surface area contributed by atoms with Crippen LogP contribution in [0.15, 0.2) is 36.4 Å². The Morgan fingerprint density at radius 1 is 0.962 bits per heavy atom. The van der Waals surface area contributed by atoms with Gasteiger partial charge in [0.05, 0.1) is 29.8 Å². The lowest BCUT2D eigenvalue weighted by Gasteiger charge is -2.15. The van der Waals surface area contributed by atoms with Crippen molar-refractivity contribution < 1.29 is 23.8 Å². The zero-order chi connectivity index (χ0) is 19.3. The lowest BCUT2D eigenvalue weighted by molar-refractivity contribution is -0.123. The monoisotopic (exact) mass is 397 g/mol. The molecule has 1 amide bonds. The van der Waals surface area contributed by atoms with Crippen LogP contribution < -0.4 is 14.8 Å². The van der Waals surface area contributed by atoms with E-state index in [4.69, 9.17) is 37.4 Å². The Morgan fingerprint density at radius 3 is 2.27 bits per heavy atom. The molecule has 0 radical (unpaired) electrons. The van der Waals surface area contributed by atoms with Gasteiger partial charge < -0.3 is 19.5 Å². The summed E-state index contributed by atoms with van der Waals surface area (Å²) in [4.78, 5) is 24.4. The summed E-state index contributed by atoms with van der Waals surface area (Å²) in [6.45, 7) is 1.46. The molecule has 0 fully saturated rings. The molecule has 138 valence electrons.